The lowest BCUT2D eigenvalue weighted by molar-refractivity contribution is -0.115. The van der Waals surface area contributed by atoms with Crippen LogP contribution in [0.5, 0.6) is 0 Å². The SMILES string of the molecule is CC(Sc1cccc(NC(=O)/C(=C/c2ccccc2F)NC(=O)c2ccccc2)c1)C(=O)Nc1scc(-c2ccccc2)c1C#N. The normalized spacial score (nSPS) is 11.6. The van der Waals surface area contributed by atoms with Crippen LogP contribution in [0.4, 0.5) is 15.1 Å². The first-order chi connectivity index (χ1) is 22.3. The third-order valence-electron chi connectivity index (χ3n) is 6.73. The van der Waals surface area contributed by atoms with Crippen molar-refractivity contribution in [3.8, 4) is 17.2 Å². The number of halogens is 1. The van der Waals surface area contributed by atoms with Crippen molar-refractivity contribution in [2.45, 2.75) is 17.1 Å². The molecule has 228 valence electrons. The second kappa shape index (κ2) is 15.0. The van der Waals surface area contributed by atoms with Gasteiger partial charge < -0.3 is 16.0 Å². The van der Waals surface area contributed by atoms with Crippen LogP contribution in [0, 0.1) is 17.1 Å². The monoisotopic (exact) mass is 646 g/mol. The lowest BCUT2D eigenvalue weighted by Crippen LogP contribution is -2.30. The molecule has 10 heteroatoms. The van der Waals surface area contributed by atoms with Crippen LogP contribution in [0.3, 0.4) is 0 Å². The van der Waals surface area contributed by atoms with Crippen LogP contribution in [0.1, 0.15) is 28.4 Å². The van der Waals surface area contributed by atoms with Crippen LogP contribution in [-0.2, 0) is 9.59 Å². The Morgan fingerprint density at radius 2 is 1.59 bits per heavy atom. The van der Waals surface area contributed by atoms with Crippen LogP contribution in [0.25, 0.3) is 17.2 Å². The van der Waals surface area contributed by atoms with Crippen molar-refractivity contribution in [1.29, 1.82) is 5.26 Å². The second-order valence-electron chi connectivity index (χ2n) is 9.96. The summed E-state index contributed by atoms with van der Waals surface area (Å²) >= 11 is 2.57. The van der Waals surface area contributed by atoms with Gasteiger partial charge in [0.05, 0.1) is 10.8 Å². The molecule has 1 unspecified atom stereocenters. The topological polar surface area (TPSA) is 111 Å². The van der Waals surface area contributed by atoms with E-state index in [4.69, 9.17) is 0 Å². The maximum absolute atomic E-state index is 14.5. The van der Waals surface area contributed by atoms with Gasteiger partial charge >= 0.3 is 0 Å². The summed E-state index contributed by atoms with van der Waals surface area (Å²) in [5, 5.41) is 19.8. The van der Waals surface area contributed by atoms with Gasteiger partial charge in [-0.3, -0.25) is 14.4 Å². The summed E-state index contributed by atoms with van der Waals surface area (Å²) in [4.78, 5) is 40.1. The molecule has 1 atom stereocenters. The average molecular weight is 647 g/mol. The largest absolute Gasteiger partial charge is 0.321 e. The van der Waals surface area contributed by atoms with E-state index in [1.807, 2.05) is 35.7 Å². The molecule has 0 fully saturated rings. The highest BCUT2D eigenvalue weighted by Crippen LogP contribution is 2.36. The quantitative estimate of drug-likeness (QED) is 0.105. The Morgan fingerprint density at radius 1 is 0.891 bits per heavy atom. The molecule has 3 N–H and O–H groups in total. The van der Waals surface area contributed by atoms with Crippen molar-refractivity contribution in [2.75, 3.05) is 10.6 Å². The number of thiophene rings is 1. The predicted molar refractivity (Wildman–Crippen MR) is 182 cm³/mol. The number of nitrogens with zero attached hydrogens (tertiary/aromatic N) is 1. The molecule has 0 radical (unpaired) electrons. The number of carbonyl (C=O) groups excluding carboxylic acids is 3. The van der Waals surface area contributed by atoms with Gasteiger partial charge in [-0.15, -0.1) is 23.1 Å². The fourth-order valence-corrected chi connectivity index (χ4v) is 6.25. The maximum Gasteiger partial charge on any atom is 0.272 e. The van der Waals surface area contributed by atoms with Gasteiger partial charge in [-0.2, -0.15) is 5.26 Å². The van der Waals surface area contributed by atoms with Gasteiger partial charge in [-0.1, -0.05) is 72.8 Å². The Bertz CT molecular complexity index is 1950. The van der Waals surface area contributed by atoms with Gasteiger partial charge in [-0.05, 0) is 55.0 Å². The minimum atomic E-state index is -0.656. The molecule has 5 rings (SSSR count). The summed E-state index contributed by atoms with van der Waals surface area (Å²) in [5.74, 6) is -2.01. The molecule has 5 aromatic rings. The van der Waals surface area contributed by atoms with Gasteiger partial charge in [0.15, 0.2) is 0 Å². The second-order valence-corrected chi connectivity index (χ2v) is 12.3. The van der Waals surface area contributed by atoms with Gasteiger partial charge in [0, 0.05) is 32.7 Å². The standard InChI is InChI=1S/C36H27FN4O3S2/c1-23(33(42)41-36-29(21-38)30(22-45-36)24-11-4-2-5-12-24)46-28-17-10-16-27(20-28)39-35(44)32(19-26-15-8-9-18-31(26)37)40-34(43)25-13-6-3-7-14-25/h2-20,22-23H,1H3,(H,39,44)(H,40,43)(H,41,42)/b32-19-. The van der Waals surface area contributed by atoms with E-state index < -0.39 is 22.9 Å². The molecule has 7 nitrogen and oxygen atoms in total. The van der Waals surface area contributed by atoms with E-state index in [-0.39, 0.29) is 17.2 Å². The number of carbonyl (C=O) groups is 3. The van der Waals surface area contributed by atoms with Gasteiger partial charge in [-0.25, -0.2) is 4.39 Å². The van der Waals surface area contributed by atoms with Crippen molar-refractivity contribution in [3.05, 3.63) is 143 Å². The molecule has 0 saturated carbocycles. The molecule has 0 aliphatic rings. The van der Waals surface area contributed by atoms with Gasteiger partial charge in [0.25, 0.3) is 11.8 Å². The maximum atomic E-state index is 14.5. The van der Waals surface area contributed by atoms with Crippen molar-refractivity contribution in [1.82, 2.24) is 5.32 Å². The minimum Gasteiger partial charge on any atom is -0.321 e. The Labute approximate surface area is 273 Å². The molecule has 0 bridgehead atoms. The summed E-state index contributed by atoms with van der Waals surface area (Å²) in [7, 11) is 0. The lowest BCUT2D eigenvalue weighted by Gasteiger charge is -2.14. The smallest absolute Gasteiger partial charge is 0.272 e. The molecular formula is C36H27FN4O3S2. The van der Waals surface area contributed by atoms with Crippen molar-refractivity contribution in [2.24, 2.45) is 0 Å². The van der Waals surface area contributed by atoms with E-state index in [1.54, 1.807) is 67.6 Å². The van der Waals surface area contributed by atoms with Crippen molar-refractivity contribution < 1.29 is 18.8 Å². The summed E-state index contributed by atoms with van der Waals surface area (Å²) in [6.07, 6.45) is 1.28. The van der Waals surface area contributed by atoms with Crippen LogP contribution in [0.2, 0.25) is 0 Å². The first kappa shape index (κ1) is 31.9. The van der Waals surface area contributed by atoms with E-state index in [9.17, 15) is 24.0 Å². The summed E-state index contributed by atoms with van der Waals surface area (Å²) in [6, 6.07) is 32.9. The average Bonchev–Trinajstić information content (AvgIpc) is 3.48. The molecular weight excluding hydrogens is 620 g/mol. The predicted octanol–water partition coefficient (Wildman–Crippen LogP) is 7.95. The number of amides is 3. The molecule has 46 heavy (non-hydrogen) atoms. The fraction of sp³-hybridized carbons (Fsp3) is 0.0556. The zero-order chi connectivity index (χ0) is 32.5. The minimum absolute atomic E-state index is 0.131. The van der Waals surface area contributed by atoms with Crippen LogP contribution >= 0.6 is 23.1 Å². The molecule has 0 saturated heterocycles. The van der Waals surface area contributed by atoms with Gasteiger partial charge in [0.2, 0.25) is 5.91 Å². The number of thioether (sulfide) groups is 1. The zero-order valence-corrected chi connectivity index (χ0v) is 26.1. The van der Waals surface area contributed by atoms with E-state index in [0.29, 0.717) is 26.7 Å². The molecule has 4 aromatic carbocycles. The van der Waals surface area contributed by atoms with E-state index in [2.05, 4.69) is 22.0 Å². The van der Waals surface area contributed by atoms with Crippen LogP contribution in [-0.4, -0.2) is 23.0 Å². The molecule has 1 aromatic heterocycles. The van der Waals surface area contributed by atoms with Crippen LogP contribution < -0.4 is 16.0 Å². The number of hydrogen-bond donors (Lipinski definition) is 3. The van der Waals surface area contributed by atoms with E-state index in [1.165, 1.54) is 47.4 Å². The summed E-state index contributed by atoms with van der Waals surface area (Å²) in [6.45, 7) is 1.75. The van der Waals surface area contributed by atoms with E-state index >= 15 is 0 Å². The molecule has 0 aliphatic carbocycles. The number of hydrogen-bond acceptors (Lipinski definition) is 6. The highest BCUT2D eigenvalue weighted by atomic mass is 32.2. The highest BCUT2D eigenvalue weighted by Gasteiger charge is 2.21. The van der Waals surface area contributed by atoms with Crippen LogP contribution in [0.15, 0.2) is 125 Å². The Kier molecular flexibility index (Phi) is 10.4. The molecule has 0 aliphatic heterocycles. The molecule has 0 spiro atoms. The van der Waals surface area contributed by atoms with Crippen molar-refractivity contribution in [3.63, 3.8) is 0 Å². The first-order valence-electron chi connectivity index (χ1n) is 14.1. The Morgan fingerprint density at radius 3 is 2.30 bits per heavy atom. The third-order valence-corrected chi connectivity index (χ3v) is 8.72. The third kappa shape index (κ3) is 7.95. The summed E-state index contributed by atoms with van der Waals surface area (Å²) < 4.78 is 14.5. The lowest BCUT2D eigenvalue weighted by atomic mass is 10.1. The Hall–Kier alpha value is -5.50. The highest BCUT2D eigenvalue weighted by molar-refractivity contribution is 8.00. The number of anilines is 2. The first-order valence-corrected chi connectivity index (χ1v) is 15.9. The fourth-order valence-electron chi connectivity index (χ4n) is 4.40. The summed E-state index contributed by atoms with van der Waals surface area (Å²) in [5.41, 5.74) is 2.79. The number of nitrogens with one attached hydrogen (secondary N) is 3. The van der Waals surface area contributed by atoms with Gasteiger partial charge in [0.1, 0.15) is 22.6 Å². The zero-order valence-electron chi connectivity index (χ0n) is 24.5. The van der Waals surface area contributed by atoms with Crippen molar-refractivity contribution >= 4 is 57.6 Å². The number of nitriles is 1. The molecule has 3 amide bonds. The van der Waals surface area contributed by atoms with E-state index in [0.717, 1.165) is 11.1 Å². The number of rotatable bonds is 10. The molecule has 1 heterocycles. The number of benzene rings is 4. The Balaban J connectivity index is 1.28.